The average Bonchev–Trinajstić information content (AvgIpc) is 2.81. The number of hydrogen-bond donors (Lipinski definition) is 1. The van der Waals surface area contributed by atoms with Crippen molar-refractivity contribution in [2.75, 3.05) is 12.0 Å². The molecule has 0 aromatic carbocycles. The van der Waals surface area contributed by atoms with Gasteiger partial charge < -0.3 is 5.32 Å². The summed E-state index contributed by atoms with van der Waals surface area (Å²) in [6.07, 6.45) is 5.50. The first-order valence-electron chi connectivity index (χ1n) is 5.50. The fourth-order valence-corrected chi connectivity index (χ4v) is 2.37. The van der Waals surface area contributed by atoms with Crippen LogP contribution in [0.3, 0.4) is 0 Å². The zero-order valence-corrected chi connectivity index (χ0v) is 10.6. The predicted octanol–water partition coefficient (Wildman–Crippen LogP) is 1.92. The van der Waals surface area contributed by atoms with Crippen LogP contribution in [-0.4, -0.2) is 28.3 Å². The minimum absolute atomic E-state index is 0.492. The van der Waals surface area contributed by atoms with Crippen molar-refractivity contribution < 1.29 is 4.21 Å². The van der Waals surface area contributed by atoms with Crippen LogP contribution in [0.4, 0.5) is 0 Å². The molecule has 1 rings (SSSR count). The molecular weight excluding hydrogens is 194 g/mol. The van der Waals surface area contributed by atoms with E-state index in [4.69, 9.17) is 0 Å². The van der Waals surface area contributed by atoms with Gasteiger partial charge in [0.15, 0.2) is 0 Å². The van der Waals surface area contributed by atoms with Crippen molar-refractivity contribution in [3.8, 4) is 0 Å². The molecule has 1 saturated carbocycles. The molecule has 0 spiro atoms. The van der Waals surface area contributed by atoms with Gasteiger partial charge in [-0.15, -0.1) is 0 Å². The molecule has 1 aliphatic rings. The van der Waals surface area contributed by atoms with Crippen LogP contribution in [0.2, 0.25) is 0 Å². The lowest BCUT2D eigenvalue weighted by Crippen LogP contribution is -2.40. The number of nitrogens with one attached hydrogen (secondary N) is 1. The van der Waals surface area contributed by atoms with Gasteiger partial charge in [0.2, 0.25) is 0 Å². The van der Waals surface area contributed by atoms with E-state index >= 15 is 0 Å². The van der Waals surface area contributed by atoms with Gasteiger partial charge in [-0.1, -0.05) is 6.92 Å². The Bertz CT molecular complexity index is 213. The molecule has 3 heteroatoms. The molecule has 3 atom stereocenters. The molecule has 1 fully saturated rings. The zero-order chi connectivity index (χ0) is 10.8. The van der Waals surface area contributed by atoms with E-state index in [1.54, 1.807) is 6.26 Å². The lowest BCUT2D eigenvalue weighted by atomic mass is 10.00. The van der Waals surface area contributed by atoms with E-state index in [1.807, 2.05) is 0 Å². The van der Waals surface area contributed by atoms with Gasteiger partial charge >= 0.3 is 0 Å². The molecule has 3 unspecified atom stereocenters. The number of hydrogen-bond acceptors (Lipinski definition) is 2. The number of rotatable bonds is 6. The smallest absolute Gasteiger partial charge is 0.0246 e. The highest BCUT2D eigenvalue weighted by atomic mass is 32.2. The van der Waals surface area contributed by atoms with Crippen LogP contribution in [0.1, 0.15) is 40.0 Å². The van der Waals surface area contributed by atoms with Gasteiger partial charge in [-0.05, 0) is 38.5 Å². The van der Waals surface area contributed by atoms with Gasteiger partial charge in [-0.3, -0.25) is 4.21 Å². The van der Waals surface area contributed by atoms with Gasteiger partial charge in [-0.25, -0.2) is 0 Å². The SMILES string of the molecule is CC(CCS(C)=O)NC(C)C1(C)CC1. The molecule has 14 heavy (non-hydrogen) atoms. The van der Waals surface area contributed by atoms with E-state index < -0.39 is 10.8 Å². The highest BCUT2D eigenvalue weighted by Gasteiger charge is 2.42. The topological polar surface area (TPSA) is 29.1 Å². The zero-order valence-electron chi connectivity index (χ0n) is 9.80. The van der Waals surface area contributed by atoms with Crippen molar-refractivity contribution in [2.24, 2.45) is 5.41 Å². The summed E-state index contributed by atoms with van der Waals surface area (Å²) in [5.41, 5.74) is 0.541. The Labute approximate surface area is 90.3 Å². The Balaban J connectivity index is 2.19. The third-order valence-corrected chi connectivity index (χ3v) is 4.27. The Kier molecular flexibility index (Phi) is 4.14. The predicted molar refractivity (Wildman–Crippen MR) is 63.0 cm³/mol. The summed E-state index contributed by atoms with van der Waals surface area (Å²) >= 11 is 0. The van der Waals surface area contributed by atoms with Crippen LogP contribution in [0.5, 0.6) is 0 Å². The van der Waals surface area contributed by atoms with Gasteiger partial charge in [-0.2, -0.15) is 0 Å². The molecule has 84 valence electrons. The van der Waals surface area contributed by atoms with Crippen LogP contribution in [0.25, 0.3) is 0 Å². The highest BCUT2D eigenvalue weighted by Crippen LogP contribution is 2.48. The fourth-order valence-electron chi connectivity index (χ4n) is 1.68. The van der Waals surface area contributed by atoms with Gasteiger partial charge in [0.05, 0.1) is 0 Å². The third-order valence-electron chi connectivity index (χ3n) is 3.46. The average molecular weight is 217 g/mol. The Morgan fingerprint density at radius 2 is 2.00 bits per heavy atom. The molecule has 0 aromatic rings. The molecule has 0 radical (unpaired) electrons. The van der Waals surface area contributed by atoms with E-state index in [2.05, 4.69) is 26.1 Å². The maximum absolute atomic E-state index is 10.9. The van der Waals surface area contributed by atoms with E-state index in [-0.39, 0.29) is 0 Å². The summed E-state index contributed by atoms with van der Waals surface area (Å²) in [7, 11) is -0.647. The summed E-state index contributed by atoms with van der Waals surface area (Å²) < 4.78 is 10.9. The van der Waals surface area contributed by atoms with Crippen molar-refractivity contribution >= 4 is 10.8 Å². The monoisotopic (exact) mass is 217 g/mol. The molecule has 1 N–H and O–H groups in total. The van der Waals surface area contributed by atoms with Crippen molar-refractivity contribution in [3.63, 3.8) is 0 Å². The molecule has 1 aliphatic carbocycles. The molecule has 2 nitrogen and oxygen atoms in total. The van der Waals surface area contributed by atoms with Crippen LogP contribution in [-0.2, 0) is 10.8 Å². The molecule has 0 bridgehead atoms. The van der Waals surface area contributed by atoms with E-state index in [0.29, 0.717) is 17.5 Å². The Hall–Kier alpha value is 0.110. The summed E-state index contributed by atoms with van der Waals surface area (Å²) in [6.45, 7) is 6.80. The second-order valence-electron chi connectivity index (χ2n) is 5.01. The van der Waals surface area contributed by atoms with E-state index in [9.17, 15) is 4.21 Å². The fraction of sp³-hybridized carbons (Fsp3) is 1.00. The molecule has 0 aliphatic heterocycles. The summed E-state index contributed by atoms with van der Waals surface area (Å²) in [6, 6.07) is 1.09. The second kappa shape index (κ2) is 4.75. The van der Waals surface area contributed by atoms with E-state index in [1.165, 1.54) is 12.8 Å². The highest BCUT2D eigenvalue weighted by molar-refractivity contribution is 7.84. The molecular formula is C11H23NOS. The molecule has 0 aromatic heterocycles. The van der Waals surface area contributed by atoms with Crippen LogP contribution < -0.4 is 5.32 Å². The summed E-state index contributed by atoms with van der Waals surface area (Å²) in [5, 5.41) is 3.60. The molecule has 0 saturated heterocycles. The van der Waals surface area contributed by atoms with Crippen molar-refractivity contribution in [3.05, 3.63) is 0 Å². The third kappa shape index (κ3) is 3.70. The standard InChI is InChI=1S/C11H23NOS/c1-9(5-8-14(4)13)12-10(2)11(3)6-7-11/h9-10,12H,5-8H2,1-4H3. The largest absolute Gasteiger partial charge is 0.311 e. The maximum atomic E-state index is 10.9. The summed E-state index contributed by atoms with van der Waals surface area (Å²) in [5.74, 6) is 0.817. The quantitative estimate of drug-likeness (QED) is 0.736. The van der Waals surface area contributed by atoms with Crippen LogP contribution >= 0.6 is 0 Å². The van der Waals surface area contributed by atoms with Gasteiger partial charge in [0, 0.05) is 34.9 Å². The Morgan fingerprint density at radius 1 is 1.43 bits per heavy atom. The lowest BCUT2D eigenvalue weighted by molar-refractivity contribution is 0.343. The van der Waals surface area contributed by atoms with Crippen molar-refractivity contribution in [2.45, 2.75) is 52.1 Å². The Morgan fingerprint density at radius 3 is 2.43 bits per heavy atom. The lowest BCUT2D eigenvalue weighted by Gasteiger charge is -2.24. The molecule has 0 heterocycles. The van der Waals surface area contributed by atoms with Gasteiger partial charge in [0.1, 0.15) is 0 Å². The first kappa shape index (κ1) is 12.2. The second-order valence-corrected chi connectivity index (χ2v) is 6.56. The van der Waals surface area contributed by atoms with Crippen LogP contribution in [0, 0.1) is 5.41 Å². The van der Waals surface area contributed by atoms with E-state index in [0.717, 1.165) is 12.2 Å². The van der Waals surface area contributed by atoms with Gasteiger partial charge in [0.25, 0.3) is 0 Å². The van der Waals surface area contributed by atoms with Crippen molar-refractivity contribution in [1.82, 2.24) is 5.32 Å². The minimum Gasteiger partial charge on any atom is -0.311 e. The molecule has 0 amide bonds. The maximum Gasteiger partial charge on any atom is 0.0246 e. The van der Waals surface area contributed by atoms with Crippen LogP contribution in [0.15, 0.2) is 0 Å². The first-order valence-corrected chi connectivity index (χ1v) is 7.23. The minimum atomic E-state index is -0.647. The normalized spacial score (nSPS) is 25.4. The van der Waals surface area contributed by atoms with Crippen molar-refractivity contribution in [1.29, 1.82) is 0 Å². The summed E-state index contributed by atoms with van der Waals surface area (Å²) in [4.78, 5) is 0. The first-order chi connectivity index (χ1) is 6.44.